The van der Waals surface area contributed by atoms with E-state index >= 15 is 0 Å². The number of likely N-dealkylation sites (N-methyl/N-ethyl adjacent to an activating group) is 1. The SMILES string of the molecule is CN[C@@H](C)C(=O)O.COc1ccc(C[C@H](N)C(=O)O)cc1. The molecule has 0 heterocycles. The Kier molecular flexibility index (Phi) is 8.75. The predicted octanol–water partition coefficient (Wildman–Crippen LogP) is 0.329. The molecule has 0 aliphatic heterocycles. The van der Waals surface area contributed by atoms with Crippen molar-refractivity contribution >= 4 is 11.9 Å². The van der Waals surface area contributed by atoms with E-state index in [0.717, 1.165) is 11.3 Å². The van der Waals surface area contributed by atoms with Crippen LogP contribution in [-0.2, 0) is 16.0 Å². The molecule has 0 unspecified atom stereocenters. The maximum Gasteiger partial charge on any atom is 0.320 e. The number of nitrogens with two attached hydrogens (primary N) is 1. The topological polar surface area (TPSA) is 122 Å². The van der Waals surface area contributed by atoms with E-state index in [1.807, 2.05) is 12.1 Å². The summed E-state index contributed by atoms with van der Waals surface area (Å²) in [6.07, 6.45) is 0.333. The van der Waals surface area contributed by atoms with Crippen molar-refractivity contribution in [2.75, 3.05) is 14.2 Å². The van der Waals surface area contributed by atoms with Gasteiger partial charge < -0.3 is 26.0 Å². The molecule has 118 valence electrons. The Hall–Kier alpha value is -2.12. The number of hydrogen-bond acceptors (Lipinski definition) is 5. The first-order chi connectivity index (χ1) is 9.81. The van der Waals surface area contributed by atoms with Crippen molar-refractivity contribution in [3.8, 4) is 5.75 Å². The summed E-state index contributed by atoms with van der Waals surface area (Å²) in [5.41, 5.74) is 6.28. The highest BCUT2D eigenvalue weighted by Gasteiger charge is 2.11. The van der Waals surface area contributed by atoms with Gasteiger partial charge in [-0.3, -0.25) is 9.59 Å². The van der Waals surface area contributed by atoms with E-state index in [9.17, 15) is 9.59 Å². The van der Waals surface area contributed by atoms with Gasteiger partial charge in [0.2, 0.25) is 0 Å². The number of aliphatic carboxylic acids is 2. The van der Waals surface area contributed by atoms with Crippen LogP contribution in [0.4, 0.5) is 0 Å². The summed E-state index contributed by atoms with van der Waals surface area (Å²) in [4.78, 5) is 20.3. The largest absolute Gasteiger partial charge is 0.497 e. The molecule has 2 atom stereocenters. The number of hydrogen-bond donors (Lipinski definition) is 4. The summed E-state index contributed by atoms with van der Waals surface area (Å²) in [6, 6.07) is 5.90. The zero-order valence-electron chi connectivity index (χ0n) is 12.4. The number of ether oxygens (including phenoxy) is 1. The minimum atomic E-state index is -0.985. The second-order valence-electron chi connectivity index (χ2n) is 4.35. The number of carboxylic acids is 2. The third-order valence-electron chi connectivity index (χ3n) is 2.74. The number of benzene rings is 1. The fourth-order valence-electron chi connectivity index (χ4n) is 1.23. The highest BCUT2D eigenvalue weighted by atomic mass is 16.5. The summed E-state index contributed by atoms with van der Waals surface area (Å²) >= 11 is 0. The van der Waals surface area contributed by atoms with E-state index in [4.69, 9.17) is 20.7 Å². The van der Waals surface area contributed by atoms with Crippen LogP contribution in [0.25, 0.3) is 0 Å². The third kappa shape index (κ3) is 7.91. The first-order valence-electron chi connectivity index (χ1n) is 6.33. The van der Waals surface area contributed by atoms with Crippen molar-refractivity contribution in [3.05, 3.63) is 29.8 Å². The van der Waals surface area contributed by atoms with Crippen LogP contribution in [0.1, 0.15) is 12.5 Å². The number of nitrogens with one attached hydrogen (secondary N) is 1. The van der Waals surface area contributed by atoms with E-state index in [1.165, 1.54) is 0 Å². The van der Waals surface area contributed by atoms with Crippen molar-refractivity contribution in [1.29, 1.82) is 0 Å². The van der Waals surface area contributed by atoms with Crippen LogP contribution in [0.2, 0.25) is 0 Å². The normalized spacial score (nSPS) is 12.6. The van der Waals surface area contributed by atoms with Crippen LogP contribution in [-0.4, -0.2) is 48.4 Å². The molecule has 1 aromatic carbocycles. The number of carbonyl (C=O) groups is 2. The lowest BCUT2D eigenvalue weighted by molar-refractivity contribution is -0.139. The lowest BCUT2D eigenvalue weighted by atomic mass is 10.1. The molecule has 1 aromatic rings. The van der Waals surface area contributed by atoms with Gasteiger partial charge in [0, 0.05) is 0 Å². The summed E-state index contributed by atoms with van der Waals surface area (Å²) in [7, 11) is 3.19. The van der Waals surface area contributed by atoms with Gasteiger partial charge in [0.1, 0.15) is 17.8 Å². The maximum atomic E-state index is 10.5. The molecule has 0 radical (unpaired) electrons. The highest BCUT2D eigenvalue weighted by molar-refractivity contribution is 5.73. The van der Waals surface area contributed by atoms with Gasteiger partial charge in [-0.15, -0.1) is 0 Å². The Morgan fingerprint density at radius 1 is 1.24 bits per heavy atom. The van der Waals surface area contributed by atoms with E-state index < -0.39 is 24.0 Å². The van der Waals surface area contributed by atoms with Crippen LogP contribution in [0.15, 0.2) is 24.3 Å². The fourth-order valence-corrected chi connectivity index (χ4v) is 1.23. The van der Waals surface area contributed by atoms with Crippen LogP contribution >= 0.6 is 0 Å². The molecular weight excluding hydrogens is 276 g/mol. The fraction of sp³-hybridized carbons (Fsp3) is 0.429. The average Bonchev–Trinajstić information content (AvgIpc) is 2.47. The van der Waals surface area contributed by atoms with Crippen LogP contribution in [0.5, 0.6) is 5.75 Å². The molecule has 21 heavy (non-hydrogen) atoms. The predicted molar refractivity (Wildman–Crippen MR) is 78.5 cm³/mol. The molecule has 0 spiro atoms. The Labute approximate surface area is 123 Å². The highest BCUT2D eigenvalue weighted by Crippen LogP contribution is 2.12. The number of carboxylic acid groups (broad SMARTS) is 2. The van der Waals surface area contributed by atoms with Gasteiger partial charge >= 0.3 is 11.9 Å². The van der Waals surface area contributed by atoms with Crippen molar-refractivity contribution in [1.82, 2.24) is 5.32 Å². The summed E-state index contributed by atoms with van der Waals surface area (Å²) in [5.74, 6) is -1.05. The van der Waals surface area contributed by atoms with Crippen LogP contribution in [0.3, 0.4) is 0 Å². The molecule has 7 nitrogen and oxygen atoms in total. The van der Waals surface area contributed by atoms with Gasteiger partial charge in [0.25, 0.3) is 0 Å². The zero-order chi connectivity index (χ0) is 16.4. The summed E-state index contributed by atoms with van der Waals surface area (Å²) in [5, 5.41) is 19.3. The van der Waals surface area contributed by atoms with E-state index in [-0.39, 0.29) is 0 Å². The quantitative estimate of drug-likeness (QED) is 0.597. The van der Waals surface area contributed by atoms with E-state index in [1.54, 1.807) is 33.2 Å². The van der Waals surface area contributed by atoms with Crippen LogP contribution in [0, 0.1) is 0 Å². The average molecular weight is 298 g/mol. The van der Waals surface area contributed by atoms with Gasteiger partial charge in [0.05, 0.1) is 7.11 Å². The smallest absolute Gasteiger partial charge is 0.320 e. The van der Waals surface area contributed by atoms with Gasteiger partial charge in [-0.05, 0) is 38.1 Å². The minimum Gasteiger partial charge on any atom is -0.497 e. The van der Waals surface area contributed by atoms with Gasteiger partial charge in [-0.2, -0.15) is 0 Å². The lowest BCUT2D eigenvalue weighted by Gasteiger charge is -2.06. The number of methoxy groups -OCH3 is 1. The van der Waals surface area contributed by atoms with Gasteiger partial charge in [-0.25, -0.2) is 0 Å². The van der Waals surface area contributed by atoms with Gasteiger partial charge in [-0.1, -0.05) is 12.1 Å². The van der Waals surface area contributed by atoms with Gasteiger partial charge in [0.15, 0.2) is 0 Å². The lowest BCUT2D eigenvalue weighted by Crippen LogP contribution is -2.32. The Morgan fingerprint density at radius 2 is 1.76 bits per heavy atom. The Morgan fingerprint density at radius 3 is 2.05 bits per heavy atom. The second-order valence-corrected chi connectivity index (χ2v) is 4.35. The van der Waals surface area contributed by atoms with Crippen molar-refractivity contribution in [2.45, 2.75) is 25.4 Å². The molecule has 0 aliphatic carbocycles. The molecule has 1 rings (SSSR count). The van der Waals surface area contributed by atoms with E-state index in [2.05, 4.69) is 5.32 Å². The first kappa shape index (κ1) is 18.9. The second kappa shape index (κ2) is 9.73. The summed E-state index contributed by atoms with van der Waals surface area (Å²) in [6.45, 7) is 1.59. The maximum absolute atomic E-state index is 10.5. The third-order valence-corrected chi connectivity index (χ3v) is 2.74. The summed E-state index contributed by atoms with van der Waals surface area (Å²) < 4.78 is 4.97. The molecule has 0 aliphatic rings. The zero-order valence-corrected chi connectivity index (χ0v) is 12.4. The van der Waals surface area contributed by atoms with Crippen LogP contribution < -0.4 is 15.8 Å². The van der Waals surface area contributed by atoms with Crippen molar-refractivity contribution < 1.29 is 24.5 Å². The Balaban J connectivity index is 0.000000486. The monoisotopic (exact) mass is 298 g/mol. The first-order valence-corrected chi connectivity index (χ1v) is 6.33. The minimum absolute atomic E-state index is 0.333. The van der Waals surface area contributed by atoms with Crippen molar-refractivity contribution in [2.24, 2.45) is 5.73 Å². The molecule has 5 N–H and O–H groups in total. The molecular formula is C14H22N2O5. The molecule has 7 heteroatoms. The molecule has 0 aromatic heterocycles. The molecule has 0 amide bonds. The number of rotatable bonds is 6. The van der Waals surface area contributed by atoms with Crippen molar-refractivity contribution in [3.63, 3.8) is 0 Å². The Bertz CT molecular complexity index is 447. The molecule has 0 saturated carbocycles. The molecule has 0 fully saturated rings. The molecule has 0 bridgehead atoms. The molecule has 0 saturated heterocycles. The van der Waals surface area contributed by atoms with E-state index in [0.29, 0.717) is 6.42 Å². The standard InChI is InChI=1S/C10H13NO3.C4H9NO2/c1-14-8-4-2-7(3-5-8)6-9(11)10(12)13;1-3(5-2)4(6)7/h2-5,9H,6,11H2,1H3,(H,12,13);3,5H,1-2H3,(H,6,7)/t9-;3-/m00/s1.